The molecule has 4 heteroatoms. The average molecular weight is 268 g/mol. The molecule has 0 aliphatic carbocycles. The number of aromatic nitrogens is 1. The second kappa shape index (κ2) is 3.38. The van der Waals surface area contributed by atoms with Gasteiger partial charge in [-0.3, -0.25) is 0 Å². The zero-order valence-electron chi connectivity index (χ0n) is 8.41. The second-order valence-electron chi connectivity index (χ2n) is 3.49. The normalized spacial score (nSPS) is 10.9. The van der Waals surface area contributed by atoms with Crippen molar-refractivity contribution in [3.63, 3.8) is 0 Å². The van der Waals surface area contributed by atoms with Crippen molar-refractivity contribution < 1.29 is 9.90 Å². The summed E-state index contributed by atoms with van der Waals surface area (Å²) in [5.41, 5.74) is 2.09. The maximum absolute atomic E-state index is 11.1. The van der Waals surface area contributed by atoms with E-state index in [4.69, 9.17) is 5.11 Å². The number of hydrogen-bond acceptors (Lipinski definition) is 1. The van der Waals surface area contributed by atoms with E-state index in [1.165, 1.54) is 0 Å². The molecule has 0 bridgehead atoms. The van der Waals surface area contributed by atoms with Crippen molar-refractivity contribution in [3.05, 3.63) is 33.9 Å². The third kappa shape index (κ3) is 1.45. The van der Waals surface area contributed by atoms with Crippen molar-refractivity contribution in [2.24, 2.45) is 7.05 Å². The third-order valence-corrected chi connectivity index (χ3v) is 3.16. The molecule has 3 nitrogen and oxygen atoms in total. The van der Waals surface area contributed by atoms with E-state index in [-0.39, 0.29) is 0 Å². The molecule has 0 atom stereocenters. The summed E-state index contributed by atoms with van der Waals surface area (Å²) in [6.07, 6.45) is 0. The molecule has 2 aromatic rings. The largest absolute Gasteiger partial charge is 0.478 e. The maximum atomic E-state index is 11.1. The fourth-order valence-corrected chi connectivity index (χ4v) is 2.18. The summed E-state index contributed by atoms with van der Waals surface area (Å²) >= 11 is 3.35. The van der Waals surface area contributed by atoms with E-state index in [0.717, 1.165) is 21.1 Å². The molecule has 0 amide bonds. The number of carboxylic acid groups (broad SMARTS) is 1. The lowest BCUT2D eigenvalue weighted by atomic mass is 10.1. The zero-order valence-corrected chi connectivity index (χ0v) is 10.00. The summed E-state index contributed by atoms with van der Waals surface area (Å²) in [5, 5.41) is 9.91. The lowest BCUT2D eigenvalue weighted by Gasteiger charge is -1.97. The minimum atomic E-state index is -0.879. The summed E-state index contributed by atoms with van der Waals surface area (Å²) in [7, 11) is 1.87. The van der Waals surface area contributed by atoms with E-state index in [0.29, 0.717) is 5.56 Å². The van der Waals surface area contributed by atoms with Crippen LogP contribution in [0.25, 0.3) is 10.9 Å². The third-order valence-electron chi connectivity index (χ3n) is 2.67. The number of fused-ring (bicyclic) bond motifs is 1. The molecule has 2 rings (SSSR count). The number of aromatic carboxylic acids is 1. The van der Waals surface area contributed by atoms with Crippen molar-refractivity contribution in [2.45, 2.75) is 6.92 Å². The van der Waals surface area contributed by atoms with Crippen LogP contribution in [0.15, 0.2) is 22.7 Å². The summed E-state index contributed by atoms with van der Waals surface area (Å²) in [4.78, 5) is 11.1. The van der Waals surface area contributed by atoms with E-state index >= 15 is 0 Å². The van der Waals surface area contributed by atoms with Gasteiger partial charge in [0.05, 0.1) is 5.56 Å². The molecule has 15 heavy (non-hydrogen) atoms. The van der Waals surface area contributed by atoms with Gasteiger partial charge in [-0.25, -0.2) is 4.79 Å². The van der Waals surface area contributed by atoms with E-state index in [9.17, 15) is 4.79 Å². The van der Waals surface area contributed by atoms with Crippen LogP contribution in [-0.4, -0.2) is 15.6 Å². The molecule has 0 radical (unpaired) electrons. The Morgan fingerprint density at radius 2 is 2.13 bits per heavy atom. The highest BCUT2D eigenvalue weighted by atomic mass is 79.9. The first-order chi connectivity index (χ1) is 7.02. The van der Waals surface area contributed by atoms with Gasteiger partial charge in [-0.05, 0) is 25.1 Å². The van der Waals surface area contributed by atoms with Gasteiger partial charge in [-0.15, -0.1) is 0 Å². The Balaban J connectivity index is 2.95. The Morgan fingerprint density at radius 1 is 1.47 bits per heavy atom. The zero-order chi connectivity index (χ0) is 11.2. The van der Waals surface area contributed by atoms with Crippen LogP contribution in [0.2, 0.25) is 0 Å². The molecule has 0 spiro atoms. The average Bonchev–Trinajstić information content (AvgIpc) is 2.39. The van der Waals surface area contributed by atoms with Crippen molar-refractivity contribution in [2.75, 3.05) is 0 Å². The van der Waals surface area contributed by atoms with Crippen LogP contribution in [0.1, 0.15) is 16.1 Å². The van der Waals surface area contributed by atoms with E-state index in [2.05, 4.69) is 15.9 Å². The summed E-state index contributed by atoms with van der Waals surface area (Å²) < 4.78 is 2.79. The Morgan fingerprint density at radius 3 is 2.73 bits per heavy atom. The van der Waals surface area contributed by atoms with Gasteiger partial charge in [0.15, 0.2) is 0 Å². The molecule has 0 saturated carbocycles. The fourth-order valence-electron chi connectivity index (χ4n) is 1.81. The Hall–Kier alpha value is -1.29. The molecular formula is C11H10BrNO2. The molecule has 0 aliphatic heterocycles. The summed E-state index contributed by atoms with van der Waals surface area (Å²) in [6, 6.07) is 5.66. The van der Waals surface area contributed by atoms with Crippen LogP contribution < -0.4 is 0 Å². The number of carboxylic acids is 1. The second-order valence-corrected chi connectivity index (χ2v) is 4.40. The molecule has 0 aliphatic rings. The lowest BCUT2D eigenvalue weighted by Crippen LogP contribution is -1.99. The van der Waals surface area contributed by atoms with Gasteiger partial charge < -0.3 is 9.67 Å². The van der Waals surface area contributed by atoms with Crippen LogP contribution in [0, 0.1) is 6.92 Å². The van der Waals surface area contributed by atoms with Gasteiger partial charge >= 0.3 is 5.97 Å². The first-order valence-corrected chi connectivity index (χ1v) is 5.29. The molecule has 0 fully saturated rings. The lowest BCUT2D eigenvalue weighted by molar-refractivity contribution is 0.0698. The number of nitrogens with zero attached hydrogens (tertiary/aromatic N) is 1. The molecule has 1 N–H and O–H groups in total. The van der Waals surface area contributed by atoms with Gasteiger partial charge in [0, 0.05) is 28.1 Å². The smallest absolute Gasteiger partial charge is 0.338 e. The highest BCUT2D eigenvalue weighted by molar-refractivity contribution is 9.10. The van der Waals surface area contributed by atoms with Gasteiger partial charge in [-0.1, -0.05) is 15.9 Å². The standard InChI is InChI=1S/C11H10BrNO2/c1-6-10(11(14)15)8-5-7(12)3-4-9(8)13(6)2/h3-5H,1-2H3,(H,14,15). The minimum Gasteiger partial charge on any atom is -0.478 e. The quantitative estimate of drug-likeness (QED) is 0.863. The minimum absolute atomic E-state index is 0.383. The fraction of sp³-hybridized carbons (Fsp3) is 0.182. The molecule has 1 aromatic heterocycles. The first kappa shape index (κ1) is 10.2. The maximum Gasteiger partial charge on any atom is 0.338 e. The van der Waals surface area contributed by atoms with Gasteiger partial charge in [0.1, 0.15) is 0 Å². The first-order valence-electron chi connectivity index (χ1n) is 4.50. The Labute approximate surface area is 95.5 Å². The number of aryl methyl sites for hydroxylation is 1. The predicted molar refractivity (Wildman–Crippen MR) is 62.3 cm³/mol. The van der Waals surface area contributed by atoms with Crippen LogP contribution in [0.3, 0.4) is 0 Å². The molecule has 0 unspecified atom stereocenters. The van der Waals surface area contributed by atoms with Crippen LogP contribution in [0.4, 0.5) is 0 Å². The number of hydrogen-bond donors (Lipinski definition) is 1. The van der Waals surface area contributed by atoms with E-state index < -0.39 is 5.97 Å². The molecule has 0 saturated heterocycles. The van der Waals surface area contributed by atoms with Gasteiger partial charge in [-0.2, -0.15) is 0 Å². The van der Waals surface area contributed by atoms with Crippen LogP contribution in [0.5, 0.6) is 0 Å². The molecule has 78 valence electrons. The van der Waals surface area contributed by atoms with Crippen molar-refractivity contribution >= 4 is 32.8 Å². The topological polar surface area (TPSA) is 42.2 Å². The van der Waals surface area contributed by atoms with Crippen molar-refractivity contribution in [1.29, 1.82) is 0 Å². The number of halogens is 1. The van der Waals surface area contributed by atoms with E-state index in [1.54, 1.807) is 0 Å². The highest BCUT2D eigenvalue weighted by Crippen LogP contribution is 2.27. The molecule has 1 aromatic carbocycles. The Bertz CT molecular complexity index is 557. The number of carbonyl (C=O) groups is 1. The number of benzene rings is 1. The SMILES string of the molecule is Cc1c(C(=O)O)c2cc(Br)ccc2n1C. The van der Waals surface area contributed by atoms with Crippen LogP contribution in [-0.2, 0) is 7.05 Å². The van der Waals surface area contributed by atoms with Gasteiger partial charge in [0.25, 0.3) is 0 Å². The number of rotatable bonds is 1. The molecule has 1 heterocycles. The van der Waals surface area contributed by atoms with Gasteiger partial charge in [0.2, 0.25) is 0 Å². The molecular weight excluding hydrogens is 258 g/mol. The van der Waals surface area contributed by atoms with E-state index in [1.807, 2.05) is 36.7 Å². The predicted octanol–water partition coefficient (Wildman–Crippen LogP) is 2.95. The van der Waals surface area contributed by atoms with Crippen LogP contribution >= 0.6 is 15.9 Å². The Kier molecular flexibility index (Phi) is 2.31. The van der Waals surface area contributed by atoms with Crippen molar-refractivity contribution in [1.82, 2.24) is 4.57 Å². The summed E-state index contributed by atoms with van der Waals surface area (Å²) in [5.74, 6) is -0.879. The summed E-state index contributed by atoms with van der Waals surface area (Å²) in [6.45, 7) is 1.82. The monoisotopic (exact) mass is 267 g/mol. The van der Waals surface area contributed by atoms with Crippen molar-refractivity contribution in [3.8, 4) is 0 Å². The highest BCUT2D eigenvalue weighted by Gasteiger charge is 2.17.